The van der Waals surface area contributed by atoms with Crippen molar-refractivity contribution in [2.24, 2.45) is 5.41 Å². The molecule has 1 aliphatic carbocycles. The lowest BCUT2D eigenvalue weighted by Crippen LogP contribution is -2.41. The molecule has 0 bridgehead atoms. The van der Waals surface area contributed by atoms with Crippen LogP contribution in [0.5, 0.6) is 0 Å². The van der Waals surface area contributed by atoms with Crippen molar-refractivity contribution in [2.75, 3.05) is 5.32 Å². The highest BCUT2D eigenvalue weighted by atomic mass is 16.4. The van der Waals surface area contributed by atoms with Gasteiger partial charge in [-0.05, 0) is 54.9 Å². The quantitative estimate of drug-likeness (QED) is 0.352. The first-order chi connectivity index (χ1) is 17.0. The fraction of sp³-hybridized carbons (Fsp3) is 0.360. The molecule has 0 aliphatic heterocycles. The summed E-state index contributed by atoms with van der Waals surface area (Å²) in [4.78, 5) is 54.5. The van der Waals surface area contributed by atoms with E-state index in [4.69, 9.17) is 10.4 Å². The van der Waals surface area contributed by atoms with Crippen molar-refractivity contribution in [3.05, 3.63) is 53.1 Å². The molecular weight excluding hydrogens is 466 g/mol. The van der Waals surface area contributed by atoms with Gasteiger partial charge in [-0.1, -0.05) is 19.9 Å². The number of hydrogen-bond donors (Lipinski definition) is 5. The fourth-order valence-corrected chi connectivity index (χ4v) is 3.83. The maximum Gasteiger partial charge on any atom is 0.326 e. The van der Waals surface area contributed by atoms with Crippen molar-refractivity contribution >= 4 is 35.0 Å². The van der Waals surface area contributed by atoms with E-state index in [9.17, 15) is 24.3 Å². The van der Waals surface area contributed by atoms with E-state index in [1.54, 1.807) is 12.1 Å². The number of carboxylic acid groups (broad SMARTS) is 2. The smallest absolute Gasteiger partial charge is 0.326 e. The van der Waals surface area contributed by atoms with Crippen LogP contribution < -0.4 is 10.6 Å². The number of nitrogens with zero attached hydrogens (tertiary/aromatic N) is 2. The molecule has 2 aromatic rings. The zero-order valence-corrected chi connectivity index (χ0v) is 19.9. The molecule has 0 spiro atoms. The Bertz CT molecular complexity index is 1270. The number of carboxylic acids is 2. The summed E-state index contributed by atoms with van der Waals surface area (Å²) in [5, 5.41) is 32.3. The molecule has 188 valence electrons. The Morgan fingerprint density at radius 3 is 2.56 bits per heavy atom. The Hall–Kier alpha value is -4.46. The third kappa shape index (κ3) is 6.56. The second-order valence-corrected chi connectivity index (χ2v) is 9.36. The van der Waals surface area contributed by atoms with Crippen molar-refractivity contribution in [1.82, 2.24) is 15.3 Å². The maximum absolute atomic E-state index is 12.9. The number of amides is 2. The van der Waals surface area contributed by atoms with Gasteiger partial charge in [0.15, 0.2) is 11.5 Å². The molecule has 0 radical (unpaired) electrons. The second-order valence-electron chi connectivity index (χ2n) is 9.36. The number of hydrogen-bond acceptors (Lipinski definition) is 6. The van der Waals surface area contributed by atoms with Crippen LogP contribution in [0.4, 0.5) is 5.69 Å². The van der Waals surface area contributed by atoms with Crippen LogP contribution in [0.15, 0.2) is 30.5 Å². The highest BCUT2D eigenvalue weighted by Gasteiger charge is 2.26. The fourth-order valence-electron chi connectivity index (χ4n) is 3.83. The summed E-state index contributed by atoms with van der Waals surface area (Å²) in [6, 6.07) is 5.05. The first-order valence-electron chi connectivity index (χ1n) is 11.3. The van der Waals surface area contributed by atoms with E-state index in [-0.39, 0.29) is 28.9 Å². The number of aromatic amines is 1. The number of rotatable bonds is 9. The maximum atomic E-state index is 12.9. The molecule has 0 fully saturated rings. The summed E-state index contributed by atoms with van der Waals surface area (Å²) >= 11 is 0. The Morgan fingerprint density at radius 2 is 1.97 bits per heavy atom. The van der Waals surface area contributed by atoms with Crippen LogP contribution in [0.3, 0.4) is 0 Å². The molecule has 0 saturated heterocycles. The number of H-pyrrole nitrogens is 1. The Morgan fingerprint density at radius 1 is 1.22 bits per heavy atom. The number of aliphatic carboxylic acids is 2. The number of carbonyl (C=O) groups is 4. The minimum atomic E-state index is -1.36. The topological polar surface area (TPSA) is 185 Å². The van der Waals surface area contributed by atoms with E-state index in [0.29, 0.717) is 17.7 Å². The zero-order valence-electron chi connectivity index (χ0n) is 19.9. The Balaban J connectivity index is 1.91. The van der Waals surface area contributed by atoms with Crippen LogP contribution in [0.2, 0.25) is 0 Å². The average molecular weight is 494 g/mol. The first kappa shape index (κ1) is 26.2. The number of imidazole rings is 1. The van der Waals surface area contributed by atoms with Crippen molar-refractivity contribution in [3.8, 4) is 6.07 Å². The Kier molecular flexibility index (Phi) is 7.89. The molecule has 5 N–H and O–H groups in total. The molecule has 2 amide bonds. The molecule has 36 heavy (non-hydrogen) atoms. The van der Waals surface area contributed by atoms with E-state index >= 15 is 0 Å². The predicted molar refractivity (Wildman–Crippen MR) is 129 cm³/mol. The van der Waals surface area contributed by atoms with Crippen LogP contribution in [0.1, 0.15) is 78.2 Å². The van der Waals surface area contributed by atoms with E-state index in [1.807, 2.05) is 6.07 Å². The van der Waals surface area contributed by atoms with Gasteiger partial charge in [-0.15, -0.1) is 0 Å². The largest absolute Gasteiger partial charge is 0.481 e. The molecular formula is C25H27N5O6. The summed E-state index contributed by atoms with van der Waals surface area (Å²) in [5.41, 5.74) is 2.31. The van der Waals surface area contributed by atoms with Gasteiger partial charge in [-0.2, -0.15) is 5.26 Å². The molecule has 1 heterocycles. The van der Waals surface area contributed by atoms with Gasteiger partial charge in [0.25, 0.3) is 11.8 Å². The summed E-state index contributed by atoms with van der Waals surface area (Å²) in [5.74, 6) is -3.77. The monoisotopic (exact) mass is 493 g/mol. The molecule has 11 nitrogen and oxygen atoms in total. The number of aromatic nitrogens is 2. The number of nitriles is 1. The average Bonchev–Trinajstić information content (AvgIpc) is 3.31. The second kappa shape index (κ2) is 10.9. The van der Waals surface area contributed by atoms with Crippen LogP contribution >= 0.6 is 0 Å². The van der Waals surface area contributed by atoms with E-state index in [0.717, 1.165) is 18.4 Å². The van der Waals surface area contributed by atoms with Crippen molar-refractivity contribution in [3.63, 3.8) is 0 Å². The third-order valence-corrected chi connectivity index (χ3v) is 6.01. The molecule has 11 heteroatoms. The normalized spacial score (nSPS) is 15.2. The van der Waals surface area contributed by atoms with E-state index in [2.05, 4.69) is 40.5 Å². The number of anilines is 1. The van der Waals surface area contributed by atoms with Gasteiger partial charge in [0.1, 0.15) is 12.1 Å². The van der Waals surface area contributed by atoms with Gasteiger partial charge in [0, 0.05) is 29.4 Å². The van der Waals surface area contributed by atoms with Gasteiger partial charge in [0.05, 0.1) is 0 Å². The van der Waals surface area contributed by atoms with Crippen molar-refractivity contribution in [2.45, 2.75) is 52.0 Å². The van der Waals surface area contributed by atoms with Gasteiger partial charge in [-0.3, -0.25) is 14.4 Å². The number of nitrogens with one attached hydrogen (secondary N) is 3. The van der Waals surface area contributed by atoms with Gasteiger partial charge < -0.3 is 25.8 Å². The standard InChI is InChI=1S/C25H27N5O6/c1-25(2)9-7-14(8-10-25)17-11-15(22(33)30-19(24(35)36)5-6-20(31)32)3-4-18(17)29-23(34)21-27-13-16(12-26)28-21/h3-4,7,11,13,19H,5-6,8-10H2,1-2H3,(H,27,28)(H,29,34)(H,30,33)(H,31,32)(H,35,36)/t19-/m1/s1. The molecule has 0 unspecified atom stereocenters. The van der Waals surface area contributed by atoms with Crippen LogP contribution in [-0.4, -0.2) is 50.0 Å². The summed E-state index contributed by atoms with van der Waals surface area (Å²) in [7, 11) is 0. The minimum absolute atomic E-state index is 0.0409. The predicted octanol–water partition coefficient (Wildman–Crippen LogP) is 3.17. The van der Waals surface area contributed by atoms with Crippen LogP contribution in [0.25, 0.3) is 5.57 Å². The molecule has 1 aromatic heterocycles. The molecule has 1 atom stereocenters. The summed E-state index contributed by atoms with van der Waals surface area (Å²) < 4.78 is 0. The van der Waals surface area contributed by atoms with Crippen LogP contribution in [-0.2, 0) is 9.59 Å². The zero-order chi connectivity index (χ0) is 26.5. The first-order valence-corrected chi connectivity index (χ1v) is 11.3. The summed E-state index contributed by atoms with van der Waals surface area (Å²) in [6.07, 6.45) is 5.11. The van der Waals surface area contributed by atoms with Crippen molar-refractivity contribution in [1.29, 1.82) is 5.26 Å². The number of carbonyl (C=O) groups excluding carboxylic acids is 2. The number of benzene rings is 1. The lowest BCUT2D eigenvalue weighted by molar-refractivity contribution is -0.140. The molecule has 0 saturated carbocycles. The summed E-state index contributed by atoms with van der Waals surface area (Å²) in [6.45, 7) is 4.30. The van der Waals surface area contributed by atoms with Gasteiger partial charge in [0.2, 0.25) is 0 Å². The SMILES string of the molecule is CC1(C)CC=C(c2cc(C(=O)N[C@H](CCC(=O)O)C(=O)O)ccc2NC(=O)c2nc(C#N)c[nH]2)CC1. The third-order valence-electron chi connectivity index (χ3n) is 6.01. The van der Waals surface area contributed by atoms with Gasteiger partial charge in [-0.25, -0.2) is 9.78 Å². The highest BCUT2D eigenvalue weighted by molar-refractivity contribution is 6.04. The van der Waals surface area contributed by atoms with E-state index in [1.165, 1.54) is 12.3 Å². The minimum Gasteiger partial charge on any atom is -0.481 e. The molecule has 3 rings (SSSR count). The van der Waals surface area contributed by atoms with Crippen LogP contribution in [0, 0.1) is 16.7 Å². The number of allylic oxidation sites excluding steroid dienone is 2. The highest BCUT2D eigenvalue weighted by Crippen LogP contribution is 2.40. The lowest BCUT2D eigenvalue weighted by atomic mass is 9.76. The lowest BCUT2D eigenvalue weighted by Gasteiger charge is -2.29. The Labute approximate surface area is 207 Å². The van der Waals surface area contributed by atoms with E-state index < -0.39 is 36.2 Å². The van der Waals surface area contributed by atoms with Gasteiger partial charge >= 0.3 is 11.9 Å². The van der Waals surface area contributed by atoms with Crippen molar-refractivity contribution < 1.29 is 29.4 Å². The molecule has 1 aliphatic rings. The molecule has 1 aromatic carbocycles.